The molecule has 0 amide bonds. The molecule has 0 radical (unpaired) electrons. The van der Waals surface area contributed by atoms with Gasteiger partial charge in [0.05, 0.1) is 6.54 Å². The SMILES string of the molecule is Cc1cc(C(N)=S)ccc1N1CCn2ccnc2C1. The topological polar surface area (TPSA) is 47.1 Å². The van der Waals surface area contributed by atoms with E-state index in [2.05, 4.69) is 33.5 Å². The molecule has 5 heteroatoms. The Balaban J connectivity index is 1.90. The number of nitrogens with zero attached hydrogens (tertiary/aromatic N) is 3. The molecule has 2 N–H and O–H groups in total. The van der Waals surface area contributed by atoms with Gasteiger partial charge in [0.2, 0.25) is 0 Å². The first-order valence-electron chi connectivity index (χ1n) is 6.30. The number of hydrogen-bond acceptors (Lipinski definition) is 3. The maximum atomic E-state index is 5.67. The van der Waals surface area contributed by atoms with Crippen LogP contribution in [0.2, 0.25) is 0 Å². The Kier molecular flexibility index (Phi) is 2.98. The van der Waals surface area contributed by atoms with E-state index in [-0.39, 0.29) is 0 Å². The minimum absolute atomic E-state index is 0.448. The van der Waals surface area contributed by atoms with Crippen molar-refractivity contribution in [3.63, 3.8) is 0 Å². The molecule has 0 fully saturated rings. The van der Waals surface area contributed by atoms with Gasteiger partial charge in [-0.15, -0.1) is 0 Å². The fourth-order valence-corrected chi connectivity index (χ4v) is 2.67. The van der Waals surface area contributed by atoms with Crippen LogP contribution in [-0.2, 0) is 13.1 Å². The van der Waals surface area contributed by atoms with E-state index in [0.717, 1.165) is 31.0 Å². The maximum Gasteiger partial charge on any atom is 0.128 e. The minimum Gasteiger partial charge on any atom is -0.389 e. The first kappa shape index (κ1) is 12.2. The fraction of sp³-hybridized carbons (Fsp3) is 0.286. The molecule has 1 aliphatic heterocycles. The summed E-state index contributed by atoms with van der Waals surface area (Å²) in [6.45, 7) is 4.92. The summed E-state index contributed by atoms with van der Waals surface area (Å²) < 4.78 is 2.20. The summed E-state index contributed by atoms with van der Waals surface area (Å²) in [5.41, 5.74) is 9.02. The largest absolute Gasteiger partial charge is 0.389 e. The number of imidazole rings is 1. The van der Waals surface area contributed by atoms with Crippen molar-refractivity contribution in [1.29, 1.82) is 0 Å². The zero-order chi connectivity index (χ0) is 13.4. The number of nitrogens with two attached hydrogens (primary N) is 1. The van der Waals surface area contributed by atoms with Crippen molar-refractivity contribution in [2.75, 3.05) is 11.4 Å². The van der Waals surface area contributed by atoms with Crippen molar-refractivity contribution in [3.05, 3.63) is 47.5 Å². The highest BCUT2D eigenvalue weighted by Gasteiger charge is 2.18. The van der Waals surface area contributed by atoms with Crippen LogP contribution < -0.4 is 10.6 Å². The van der Waals surface area contributed by atoms with Crippen molar-refractivity contribution in [3.8, 4) is 0 Å². The molecule has 0 aliphatic carbocycles. The van der Waals surface area contributed by atoms with Gasteiger partial charge in [0, 0.05) is 36.7 Å². The van der Waals surface area contributed by atoms with E-state index < -0.39 is 0 Å². The van der Waals surface area contributed by atoms with Crippen LogP contribution in [0.4, 0.5) is 5.69 Å². The average molecular weight is 272 g/mol. The van der Waals surface area contributed by atoms with Crippen molar-refractivity contribution in [1.82, 2.24) is 9.55 Å². The second kappa shape index (κ2) is 4.66. The molecule has 0 saturated heterocycles. The van der Waals surface area contributed by atoms with Gasteiger partial charge in [-0.1, -0.05) is 12.2 Å². The quantitative estimate of drug-likeness (QED) is 0.848. The predicted octanol–water partition coefficient (Wildman–Crippen LogP) is 1.85. The fourth-order valence-electron chi connectivity index (χ4n) is 2.54. The van der Waals surface area contributed by atoms with Crippen LogP contribution in [0.25, 0.3) is 0 Å². The third kappa shape index (κ3) is 2.21. The van der Waals surface area contributed by atoms with Gasteiger partial charge in [0.1, 0.15) is 10.8 Å². The number of benzene rings is 1. The Labute approximate surface area is 117 Å². The van der Waals surface area contributed by atoms with Crippen molar-refractivity contribution < 1.29 is 0 Å². The van der Waals surface area contributed by atoms with Crippen LogP contribution in [0.3, 0.4) is 0 Å². The second-order valence-electron chi connectivity index (χ2n) is 4.82. The van der Waals surface area contributed by atoms with E-state index >= 15 is 0 Å². The van der Waals surface area contributed by atoms with Crippen LogP contribution in [-0.4, -0.2) is 21.1 Å². The van der Waals surface area contributed by atoms with E-state index in [4.69, 9.17) is 18.0 Å². The van der Waals surface area contributed by atoms with Gasteiger partial charge in [-0.3, -0.25) is 0 Å². The molecule has 2 aromatic rings. The van der Waals surface area contributed by atoms with Crippen LogP contribution in [0.5, 0.6) is 0 Å². The lowest BCUT2D eigenvalue weighted by atomic mass is 10.1. The van der Waals surface area contributed by atoms with Crippen molar-refractivity contribution in [2.45, 2.75) is 20.0 Å². The number of hydrogen-bond donors (Lipinski definition) is 1. The van der Waals surface area contributed by atoms with Crippen LogP contribution in [0.15, 0.2) is 30.6 Å². The Bertz CT molecular complexity index is 632. The van der Waals surface area contributed by atoms with E-state index in [1.807, 2.05) is 18.5 Å². The third-order valence-electron chi connectivity index (χ3n) is 3.57. The molecule has 1 aromatic carbocycles. The van der Waals surface area contributed by atoms with Gasteiger partial charge >= 0.3 is 0 Å². The lowest BCUT2D eigenvalue weighted by Gasteiger charge is -2.31. The lowest BCUT2D eigenvalue weighted by molar-refractivity contribution is 0.559. The zero-order valence-corrected chi connectivity index (χ0v) is 11.7. The number of aryl methyl sites for hydroxylation is 1. The highest BCUT2D eigenvalue weighted by molar-refractivity contribution is 7.80. The monoisotopic (exact) mass is 272 g/mol. The van der Waals surface area contributed by atoms with Gasteiger partial charge < -0.3 is 15.2 Å². The summed E-state index contributed by atoms with van der Waals surface area (Å²) in [4.78, 5) is 7.18. The minimum atomic E-state index is 0.448. The summed E-state index contributed by atoms with van der Waals surface area (Å²) in [5, 5.41) is 0. The third-order valence-corrected chi connectivity index (χ3v) is 3.80. The van der Waals surface area contributed by atoms with E-state index in [9.17, 15) is 0 Å². The maximum absolute atomic E-state index is 5.67. The molecule has 1 aliphatic rings. The molecule has 2 heterocycles. The van der Waals surface area contributed by atoms with Gasteiger partial charge in [0.25, 0.3) is 0 Å². The molecule has 98 valence electrons. The highest BCUT2D eigenvalue weighted by Crippen LogP contribution is 2.25. The van der Waals surface area contributed by atoms with Crippen LogP contribution in [0.1, 0.15) is 17.0 Å². The average Bonchev–Trinajstić information content (AvgIpc) is 2.85. The molecule has 3 rings (SSSR count). The van der Waals surface area contributed by atoms with E-state index in [1.165, 1.54) is 11.3 Å². The van der Waals surface area contributed by atoms with Gasteiger partial charge in [-0.05, 0) is 30.7 Å². The number of thiocarbonyl (C=S) groups is 1. The molecule has 0 atom stereocenters. The van der Waals surface area contributed by atoms with E-state index in [0.29, 0.717) is 4.99 Å². The smallest absolute Gasteiger partial charge is 0.128 e. The van der Waals surface area contributed by atoms with Crippen LogP contribution >= 0.6 is 12.2 Å². The van der Waals surface area contributed by atoms with Gasteiger partial charge in [0.15, 0.2) is 0 Å². The summed E-state index contributed by atoms with van der Waals surface area (Å²) in [7, 11) is 0. The highest BCUT2D eigenvalue weighted by atomic mass is 32.1. The first-order valence-corrected chi connectivity index (χ1v) is 6.71. The molecule has 0 bridgehead atoms. The standard InChI is InChI=1S/C14H16N4S/c1-10-8-11(14(15)19)2-3-12(10)18-7-6-17-5-4-16-13(17)9-18/h2-5,8H,6-7,9H2,1H3,(H2,15,19). The Hall–Kier alpha value is -1.88. The molecule has 0 spiro atoms. The molecule has 0 saturated carbocycles. The molecule has 1 aromatic heterocycles. The lowest BCUT2D eigenvalue weighted by Crippen LogP contribution is -2.34. The zero-order valence-electron chi connectivity index (χ0n) is 10.8. The summed E-state index contributed by atoms with van der Waals surface area (Å²) >= 11 is 5.01. The van der Waals surface area contributed by atoms with Crippen LogP contribution in [0, 0.1) is 6.92 Å². The molecule has 0 unspecified atom stereocenters. The molecule has 19 heavy (non-hydrogen) atoms. The second-order valence-corrected chi connectivity index (χ2v) is 5.26. The summed E-state index contributed by atoms with van der Waals surface area (Å²) in [5.74, 6) is 1.11. The van der Waals surface area contributed by atoms with Gasteiger partial charge in [-0.2, -0.15) is 0 Å². The van der Waals surface area contributed by atoms with Crippen molar-refractivity contribution in [2.24, 2.45) is 5.73 Å². The number of aromatic nitrogens is 2. The first-order chi connectivity index (χ1) is 9.15. The Morgan fingerprint density at radius 3 is 2.95 bits per heavy atom. The molecule has 4 nitrogen and oxygen atoms in total. The Morgan fingerprint density at radius 1 is 1.37 bits per heavy atom. The number of anilines is 1. The Morgan fingerprint density at radius 2 is 2.21 bits per heavy atom. The van der Waals surface area contributed by atoms with Crippen molar-refractivity contribution >= 4 is 22.9 Å². The molecular formula is C14H16N4S. The van der Waals surface area contributed by atoms with E-state index in [1.54, 1.807) is 0 Å². The predicted molar refractivity (Wildman–Crippen MR) is 80.3 cm³/mol. The molecular weight excluding hydrogens is 256 g/mol. The summed E-state index contributed by atoms with van der Waals surface area (Å²) in [6, 6.07) is 6.15. The van der Waals surface area contributed by atoms with Gasteiger partial charge in [-0.25, -0.2) is 4.98 Å². The normalized spacial score (nSPS) is 14.3. The number of rotatable bonds is 2. The number of fused-ring (bicyclic) bond motifs is 1. The summed E-state index contributed by atoms with van der Waals surface area (Å²) in [6.07, 6.45) is 3.90.